The standard InChI is InChI=1S/C18H27NO2/c1-18(2)16(14-8-6-12-21-17(14)18)19-11-10-13-7-4-5-9-15(13)20-3/h4-5,7,9,14,16-17,19H,6,8,10-12H2,1-3H3. The van der Waals surface area contributed by atoms with Crippen molar-refractivity contribution in [3.05, 3.63) is 29.8 Å². The Bertz CT molecular complexity index is 486. The predicted molar refractivity (Wildman–Crippen MR) is 84.7 cm³/mol. The van der Waals surface area contributed by atoms with Crippen LogP contribution in [0.1, 0.15) is 32.3 Å². The van der Waals surface area contributed by atoms with Crippen LogP contribution in [0.25, 0.3) is 0 Å². The van der Waals surface area contributed by atoms with Crippen molar-refractivity contribution in [2.75, 3.05) is 20.3 Å². The number of hydrogen-bond donors (Lipinski definition) is 1. The third kappa shape index (κ3) is 2.69. The van der Waals surface area contributed by atoms with E-state index in [2.05, 4.69) is 31.3 Å². The second-order valence-electron chi connectivity index (χ2n) is 6.91. The van der Waals surface area contributed by atoms with E-state index in [1.54, 1.807) is 7.11 Å². The van der Waals surface area contributed by atoms with Crippen molar-refractivity contribution in [3.63, 3.8) is 0 Å². The van der Waals surface area contributed by atoms with Gasteiger partial charge in [0.2, 0.25) is 0 Å². The number of para-hydroxylation sites is 1. The number of rotatable bonds is 5. The van der Waals surface area contributed by atoms with Crippen LogP contribution in [0.5, 0.6) is 5.75 Å². The Kier molecular flexibility index (Phi) is 4.23. The average molecular weight is 289 g/mol. The first-order chi connectivity index (χ1) is 10.1. The van der Waals surface area contributed by atoms with Crippen LogP contribution in [0.4, 0.5) is 0 Å². The van der Waals surface area contributed by atoms with Crippen molar-refractivity contribution in [2.45, 2.75) is 45.3 Å². The molecule has 1 N–H and O–H groups in total. The lowest BCUT2D eigenvalue weighted by Crippen LogP contribution is -2.69. The molecule has 3 heteroatoms. The molecule has 0 amide bonds. The molecule has 1 aromatic rings. The molecule has 0 spiro atoms. The minimum absolute atomic E-state index is 0.256. The fourth-order valence-corrected chi connectivity index (χ4v) is 4.21. The molecular weight excluding hydrogens is 262 g/mol. The zero-order chi connectivity index (χ0) is 14.9. The minimum Gasteiger partial charge on any atom is -0.496 e. The lowest BCUT2D eigenvalue weighted by atomic mass is 9.55. The molecule has 2 aliphatic rings. The van der Waals surface area contributed by atoms with Gasteiger partial charge in [-0.3, -0.25) is 0 Å². The maximum atomic E-state index is 5.96. The van der Waals surface area contributed by atoms with E-state index in [-0.39, 0.29) is 5.41 Å². The van der Waals surface area contributed by atoms with Gasteiger partial charge in [-0.15, -0.1) is 0 Å². The van der Waals surface area contributed by atoms with Gasteiger partial charge in [-0.2, -0.15) is 0 Å². The van der Waals surface area contributed by atoms with Crippen molar-refractivity contribution < 1.29 is 9.47 Å². The Labute approximate surface area is 128 Å². The van der Waals surface area contributed by atoms with Crippen LogP contribution in [0, 0.1) is 11.3 Å². The summed E-state index contributed by atoms with van der Waals surface area (Å²) in [6, 6.07) is 8.87. The van der Waals surface area contributed by atoms with E-state index in [1.165, 1.54) is 18.4 Å². The average Bonchev–Trinajstić information content (AvgIpc) is 2.51. The summed E-state index contributed by atoms with van der Waals surface area (Å²) in [7, 11) is 1.74. The topological polar surface area (TPSA) is 30.5 Å². The molecule has 3 atom stereocenters. The molecule has 3 rings (SSSR count). The van der Waals surface area contributed by atoms with Gasteiger partial charge in [0.25, 0.3) is 0 Å². The molecule has 21 heavy (non-hydrogen) atoms. The van der Waals surface area contributed by atoms with E-state index in [0.29, 0.717) is 18.1 Å². The fraction of sp³-hybridized carbons (Fsp3) is 0.667. The quantitative estimate of drug-likeness (QED) is 0.904. The van der Waals surface area contributed by atoms with E-state index in [4.69, 9.17) is 9.47 Å². The lowest BCUT2D eigenvalue weighted by molar-refractivity contribution is -0.192. The zero-order valence-electron chi connectivity index (χ0n) is 13.4. The van der Waals surface area contributed by atoms with Gasteiger partial charge in [-0.1, -0.05) is 32.0 Å². The molecule has 0 bridgehead atoms. The van der Waals surface area contributed by atoms with Crippen LogP contribution < -0.4 is 10.1 Å². The molecule has 1 saturated heterocycles. The second kappa shape index (κ2) is 5.98. The summed E-state index contributed by atoms with van der Waals surface area (Å²) in [5, 5.41) is 3.77. The van der Waals surface area contributed by atoms with Gasteiger partial charge in [-0.25, -0.2) is 0 Å². The van der Waals surface area contributed by atoms with Crippen LogP contribution in [0.2, 0.25) is 0 Å². The largest absolute Gasteiger partial charge is 0.496 e. The zero-order valence-corrected chi connectivity index (χ0v) is 13.4. The molecule has 2 fully saturated rings. The number of methoxy groups -OCH3 is 1. The molecule has 3 unspecified atom stereocenters. The Morgan fingerprint density at radius 2 is 2.14 bits per heavy atom. The highest BCUT2D eigenvalue weighted by molar-refractivity contribution is 5.33. The molecule has 1 aliphatic heterocycles. The van der Waals surface area contributed by atoms with Gasteiger partial charge in [0, 0.05) is 24.0 Å². The van der Waals surface area contributed by atoms with Crippen LogP contribution in [0.15, 0.2) is 24.3 Å². The summed E-state index contributed by atoms with van der Waals surface area (Å²) in [4.78, 5) is 0. The third-order valence-corrected chi connectivity index (χ3v) is 5.28. The minimum atomic E-state index is 0.256. The molecule has 0 aromatic heterocycles. The van der Waals surface area contributed by atoms with Gasteiger partial charge >= 0.3 is 0 Å². The van der Waals surface area contributed by atoms with Crippen LogP contribution in [0.3, 0.4) is 0 Å². The molecule has 0 radical (unpaired) electrons. The summed E-state index contributed by atoms with van der Waals surface area (Å²) in [6.07, 6.45) is 3.98. The van der Waals surface area contributed by atoms with Gasteiger partial charge in [0.1, 0.15) is 5.75 Å². The van der Waals surface area contributed by atoms with Crippen molar-refractivity contribution in [2.24, 2.45) is 11.3 Å². The number of hydrogen-bond acceptors (Lipinski definition) is 3. The Hall–Kier alpha value is -1.06. The summed E-state index contributed by atoms with van der Waals surface area (Å²) in [5.74, 6) is 1.69. The molecule has 1 heterocycles. The third-order valence-electron chi connectivity index (χ3n) is 5.28. The molecule has 1 saturated carbocycles. The SMILES string of the molecule is COc1ccccc1CCNC1C2CCCOC2C1(C)C. The van der Waals surface area contributed by atoms with Crippen molar-refractivity contribution in [3.8, 4) is 5.75 Å². The Morgan fingerprint density at radius 1 is 1.33 bits per heavy atom. The second-order valence-corrected chi connectivity index (χ2v) is 6.91. The number of benzene rings is 1. The predicted octanol–water partition coefficient (Wildman–Crippen LogP) is 3.03. The molecule has 1 aliphatic carbocycles. The van der Waals surface area contributed by atoms with Gasteiger partial charge < -0.3 is 14.8 Å². The Balaban J connectivity index is 1.56. The van der Waals surface area contributed by atoms with Gasteiger partial charge in [-0.05, 0) is 37.4 Å². The number of ether oxygens (including phenoxy) is 2. The van der Waals surface area contributed by atoms with E-state index in [9.17, 15) is 0 Å². The highest BCUT2D eigenvalue weighted by Gasteiger charge is 2.57. The fourth-order valence-electron chi connectivity index (χ4n) is 4.21. The van der Waals surface area contributed by atoms with E-state index < -0.39 is 0 Å². The smallest absolute Gasteiger partial charge is 0.122 e. The first-order valence-electron chi connectivity index (χ1n) is 8.11. The van der Waals surface area contributed by atoms with E-state index in [0.717, 1.165) is 25.3 Å². The van der Waals surface area contributed by atoms with E-state index >= 15 is 0 Å². The Morgan fingerprint density at radius 3 is 2.95 bits per heavy atom. The monoisotopic (exact) mass is 289 g/mol. The summed E-state index contributed by atoms with van der Waals surface area (Å²) < 4.78 is 11.4. The number of fused-ring (bicyclic) bond motifs is 1. The normalized spacial score (nSPS) is 30.3. The van der Waals surface area contributed by atoms with Crippen LogP contribution in [-0.4, -0.2) is 32.4 Å². The van der Waals surface area contributed by atoms with Crippen molar-refractivity contribution in [1.29, 1.82) is 0 Å². The maximum absolute atomic E-state index is 5.96. The summed E-state index contributed by atoms with van der Waals surface area (Å²) >= 11 is 0. The van der Waals surface area contributed by atoms with E-state index in [1.807, 2.05) is 12.1 Å². The highest BCUT2D eigenvalue weighted by Crippen LogP contribution is 2.51. The van der Waals surface area contributed by atoms with Crippen LogP contribution in [-0.2, 0) is 11.2 Å². The summed E-state index contributed by atoms with van der Waals surface area (Å²) in [5.41, 5.74) is 1.53. The molecular formula is C18H27NO2. The molecule has 1 aromatic carbocycles. The van der Waals surface area contributed by atoms with Crippen LogP contribution >= 0.6 is 0 Å². The van der Waals surface area contributed by atoms with Gasteiger partial charge in [0.15, 0.2) is 0 Å². The maximum Gasteiger partial charge on any atom is 0.122 e. The summed E-state index contributed by atoms with van der Waals surface area (Å²) in [6.45, 7) is 6.61. The first-order valence-corrected chi connectivity index (χ1v) is 8.11. The van der Waals surface area contributed by atoms with Gasteiger partial charge in [0.05, 0.1) is 13.2 Å². The lowest BCUT2D eigenvalue weighted by Gasteiger charge is -2.60. The molecule has 116 valence electrons. The highest BCUT2D eigenvalue weighted by atomic mass is 16.5. The van der Waals surface area contributed by atoms with Crippen molar-refractivity contribution >= 4 is 0 Å². The number of nitrogens with one attached hydrogen (secondary N) is 1. The van der Waals surface area contributed by atoms with Crippen molar-refractivity contribution in [1.82, 2.24) is 5.32 Å². The first kappa shape index (κ1) is 14.9. The molecule has 3 nitrogen and oxygen atoms in total.